The molecular weight excluding hydrogens is 316 g/mol. The molecule has 1 aliphatic carbocycles. The summed E-state index contributed by atoms with van der Waals surface area (Å²) in [7, 11) is 0. The van der Waals surface area contributed by atoms with Gasteiger partial charge in [0, 0.05) is 30.5 Å². The van der Waals surface area contributed by atoms with Crippen molar-refractivity contribution in [3.05, 3.63) is 60.4 Å². The minimum absolute atomic E-state index is 0.353. The molecule has 0 bridgehead atoms. The van der Waals surface area contributed by atoms with E-state index in [4.69, 9.17) is 12.2 Å². The van der Waals surface area contributed by atoms with Crippen LogP contribution in [0.5, 0.6) is 0 Å². The molecule has 2 atom stereocenters. The molecule has 0 saturated heterocycles. The Kier molecular flexibility index (Phi) is 6.15. The summed E-state index contributed by atoms with van der Waals surface area (Å²) < 4.78 is 0. The minimum Gasteiger partial charge on any atom is -0.358 e. The highest BCUT2D eigenvalue weighted by molar-refractivity contribution is 7.80. The lowest BCUT2D eigenvalue weighted by Gasteiger charge is -2.33. The molecule has 5 heteroatoms. The van der Waals surface area contributed by atoms with Gasteiger partial charge in [-0.15, -0.1) is 0 Å². The fourth-order valence-electron chi connectivity index (χ4n) is 3.14. The molecule has 1 aromatic carbocycles. The maximum Gasteiger partial charge on any atom is 0.171 e. The number of nitrogens with one attached hydrogen (secondary N) is 3. The molecule has 126 valence electrons. The molecule has 3 rings (SSSR count). The second-order valence-corrected chi connectivity index (χ2v) is 6.57. The van der Waals surface area contributed by atoms with Crippen molar-refractivity contribution in [3.63, 3.8) is 0 Å². The highest BCUT2D eigenvalue weighted by atomic mass is 32.1. The van der Waals surface area contributed by atoms with Gasteiger partial charge in [-0.25, -0.2) is 0 Å². The lowest BCUT2D eigenvalue weighted by Crippen LogP contribution is -2.52. The van der Waals surface area contributed by atoms with Gasteiger partial charge in [0.2, 0.25) is 0 Å². The summed E-state index contributed by atoms with van der Waals surface area (Å²) in [5, 5.41) is 11.1. The summed E-state index contributed by atoms with van der Waals surface area (Å²) in [6, 6.07) is 16.8. The van der Waals surface area contributed by atoms with Crippen LogP contribution in [0.3, 0.4) is 0 Å². The van der Waals surface area contributed by atoms with Gasteiger partial charge in [-0.1, -0.05) is 37.1 Å². The van der Waals surface area contributed by atoms with Gasteiger partial charge in [-0.3, -0.25) is 4.98 Å². The smallest absolute Gasteiger partial charge is 0.171 e. The Morgan fingerprint density at radius 1 is 1.00 bits per heavy atom. The molecule has 0 spiro atoms. The van der Waals surface area contributed by atoms with E-state index in [0.29, 0.717) is 17.2 Å². The number of hydrogen-bond donors (Lipinski definition) is 3. The standard InChI is InChI=1S/C19H24N4S/c24-19(22-15-8-2-1-3-9-15)23-18-12-5-4-11-17(18)21-14-16-10-6-7-13-20-16/h1-3,6-10,13,17-18,21H,4-5,11-12,14H2,(H2,22,23,24)/t17-,18-/m1/s1. The number of para-hydroxylation sites is 1. The first kappa shape index (κ1) is 16.9. The first-order valence-electron chi connectivity index (χ1n) is 8.57. The molecule has 0 radical (unpaired) electrons. The Labute approximate surface area is 149 Å². The molecule has 3 N–H and O–H groups in total. The molecule has 2 aromatic rings. The summed E-state index contributed by atoms with van der Waals surface area (Å²) >= 11 is 5.49. The molecular formula is C19H24N4S. The van der Waals surface area contributed by atoms with E-state index in [1.807, 2.05) is 48.7 Å². The number of thiocarbonyl (C=S) groups is 1. The van der Waals surface area contributed by atoms with Gasteiger partial charge in [0.15, 0.2) is 5.11 Å². The van der Waals surface area contributed by atoms with Gasteiger partial charge < -0.3 is 16.0 Å². The third-order valence-corrected chi connectivity index (χ3v) is 4.61. The number of aromatic nitrogens is 1. The Balaban J connectivity index is 1.53. The van der Waals surface area contributed by atoms with Gasteiger partial charge in [0.25, 0.3) is 0 Å². The summed E-state index contributed by atoms with van der Waals surface area (Å²) in [5.41, 5.74) is 2.09. The molecule has 4 nitrogen and oxygen atoms in total. The van der Waals surface area contributed by atoms with E-state index in [1.54, 1.807) is 0 Å². The van der Waals surface area contributed by atoms with Crippen molar-refractivity contribution in [3.8, 4) is 0 Å². The minimum atomic E-state index is 0.353. The van der Waals surface area contributed by atoms with Gasteiger partial charge >= 0.3 is 0 Å². The average Bonchev–Trinajstić information content (AvgIpc) is 2.63. The highest BCUT2D eigenvalue weighted by Gasteiger charge is 2.25. The zero-order valence-corrected chi connectivity index (χ0v) is 14.6. The van der Waals surface area contributed by atoms with Crippen molar-refractivity contribution in [2.45, 2.75) is 44.3 Å². The zero-order chi connectivity index (χ0) is 16.6. The van der Waals surface area contributed by atoms with Crippen molar-refractivity contribution in [2.75, 3.05) is 5.32 Å². The predicted octanol–water partition coefficient (Wildman–Crippen LogP) is 3.47. The van der Waals surface area contributed by atoms with Gasteiger partial charge in [0.1, 0.15) is 0 Å². The first-order valence-corrected chi connectivity index (χ1v) is 8.98. The summed E-state index contributed by atoms with van der Waals surface area (Å²) in [6.45, 7) is 0.794. The number of anilines is 1. The Bertz CT molecular complexity index is 632. The molecule has 1 heterocycles. The van der Waals surface area contributed by atoms with Crippen LogP contribution in [0.15, 0.2) is 54.7 Å². The topological polar surface area (TPSA) is 49.0 Å². The summed E-state index contributed by atoms with van der Waals surface area (Å²) in [5.74, 6) is 0. The van der Waals surface area contributed by atoms with Crippen molar-refractivity contribution in [1.82, 2.24) is 15.6 Å². The van der Waals surface area contributed by atoms with E-state index < -0.39 is 0 Å². The maximum atomic E-state index is 5.49. The average molecular weight is 340 g/mol. The van der Waals surface area contributed by atoms with Crippen LogP contribution >= 0.6 is 12.2 Å². The predicted molar refractivity (Wildman–Crippen MR) is 103 cm³/mol. The van der Waals surface area contributed by atoms with Gasteiger partial charge in [0.05, 0.1) is 5.69 Å². The maximum absolute atomic E-state index is 5.49. The van der Waals surface area contributed by atoms with Crippen LogP contribution < -0.4 is 16.0 Å². The Morgan fingerprint density at radius 3 is 2.50 bits per heavy atom. The van der Waals surface area contributed by atoms with Crippen molar-refractivity contribution >= 4 is 23.0 Å². The molecule has 0 amide bonds. The zero-order valence-electron chi connectivity index (χ0n) is 13.7. The third kappa shape index (κ3) is 5.01. The molecule has 1 aliphatic rings. The number of benzene rings is 1. The number of rotatable bonds is 5. The highest BCUT2D eigenvalue weighted by Crippen LogP contribution is 2.19. The van der Waals surface area contributed by atoms with Gasteiger partial charge in [-0.05, 0) is 49.3 Å². The summed E-state index contributed by atoms with van der Waals surface area (Å²) in [4.78, 5) is 4.38. The molecule has 0 aliphatic heterocycles. The van der Waals surface area contributed by atoms with Crippen LogP contribution in [-0.2, 0) is 6.54 Å². The largest absolute Gasteiger partial charge is 0.358 e. The van der Waals surface area contributed by atoms with Crippen molar-refractivity contribution in [1.29, 1.82) is 0 Å². The van der Waals surface area contributed by atoms with Crippen LogP contribution in [-0.4, -0.2) is 22.2 Å². The number of hydrogen-bond acceptors (Lipinski definition) is 3. The van der Waals surface area contributed by atoms with E-state index in [0.717, 1.165) is 24.3 Å². The van der Waals surface area contributed by atoms with E-state index in [-0.39, 0.29) is 0 Å². The number of pyridine rings is 1. The fraction of sp³-hybridized carbons (Fsp3) is 0.368. The monoisotopic (exact) mass is 340 g/mol. The third-order valence-electron chi connectivity index (χ3n) is 4.39. The van der Waals surface area contributed by atoms with Crippen LogP contribution in [0.4, 0.5) is 5.69 Å². The van der Waals surface area contributed by atoms with Crippen LogP contribution in [0, 0.1) is 0 Å². The van der Waals surface area contributed by atoms with E-state index in [2.05, 4.69) is 27.0 Å². The van der Waals surface area contributed by atoms with E-state index >= 15 is 0 Å². The quantitative estimate of drug-likeness (QED) is 0.728. The molecule has 0 unspecified atom stereocenters. The first-order chi connectivity index (χ1) is 11.8. The van der Waals surface area contributed by atoms with Crippen LogP contribution in [0.25, 0.3) is 0 Å². The second kappa shape index (κ2) is 8.76. The van der Waals surface area contributed by atoms with Crippen LogP contribution in [0.2, 0.25) is 0 Å². The summed E-state index contributed by atoms with van der Waals surface area (Å²) in [6.07, 6.45) is 6.64. The molecule has 1 saturated carbocycles. The molecule has 1 aromatic heterocycles. The van der Waals surface area contributed by atoms with Crippen molar-refractivity contribution in [2.24, 2.45) is 0 Å². The second-order valence-electron chi connectivity index (χ2n) is 6.16. The SMILES string of the molecule is S=C(Nc1ccccc1)N[C@@H]1CCCC[C@H]1NCc1ccccn1. The van der Waals surface area contributed by atoms with Gasteiger partial charge in [-0.2, -0.15) is 0 Å². The number of nitrogens with zero attached hydrogens (tertiary/aromatic N) is 1. The lowest BCUT2D eigenvalue weighted by molar-refractivity contribution is 0.307. The molecule has 1 fully saturated rings. The van der Waals surface area contributed by atoms with Crippen LogP contribution in [0.1, 0.15) is 31.4 Å². The lowest BCUT2D eigenvalue weighted by atomic mass is 9.90. The molecule has 24 heavy (non-hydrogen) atoms. The van der Waals surface area contributed by atoms with E-state index in [9.17, 15) is 0 Å². The Morgan fingerprint density at radius 2 is 1.75 bits per heavy atom. The normalized spacial score (nSPS) is 20.3. The fourth-order valence-corrected chi connectivity index (χ4v) is 3.41. The van der Waals surface area contributed by atoms with Crippen molar-refractivity contribution < 1.29 is 0 Å². The Hall–Kier alpha value is -1.98. The van der Waals surface area contributed by atoms with E-state index in [1.165, 1.54) is 19.3 Å².